The van der Waals surface area contributed by atoms with E-state index in [2.05, 4.69) is 15.6 Å². The van der Waals surface area contributed by atoms with E-state index in [1.165, 1.54) is 0 Å². The highest BCUT2D eigenvalue weighted by molar-refractivity contribution is 14.0. The van der Waals surface area contributed by atoms with Gasteiger partial charge < -0.3 is 25.2 Å². The van der Waals surface area contributed by atoms with Crippen LogP contribution in [0.3, 0.4) is 0 Å². The summed E-state index contributed by atoms with van der Waals surface area (Å²) in [7, 11) is 0. The van der Waals surface area contributed by atoms with Crippen molar-refractivity contribution in [3.63, 3.8) is 0 Å². The topological polar surface area (TPSA) is 75.1 Å². The molecular formula is C17H28IN3O3. The van der Waals surface area contributed by atoms with Crippen LogP contribution < -0.4 is 20.1 Å². The molecule has 24 heavy (non-hydrogen) atoms. The zero-order chi connectivity index (χ0) is 16.7. The molecule has 0 aliphatic carbocycles. The third-order valence-corrected chi connectivity index (χ3v) is 4.10. The van der Waals surface area contributed by atoms with Gasteiger partial charge in [0, 0.05) is 13.1 Å². The molecule has 3 N–H and O–H groups in total. The highest BCUT2D eigenvalue weighted by Gasteiger charge is 2.22. The first kappa shape index (κ1) is 20.8. The van der Waals surface area contributed by atoms with Crippen molar-refractivity contribution >= 4 is 29.9 Å². The van der Waals surface area contributed by atoms with Gasteiger partial charge in [0.1, 0.15) is 0 Å². The maximum atomic E-state index is 10.4. The van der Waals surface area contributed by atoms with Crippen molar-refractivity contribution in [1.82, 2.24) is 10.6 Å². The highest BCUT2D eigenvalue weighted by Crippen LogP contribution is 2.32. The summed E-state index contributed by atoms with van der Waals surface area (Å²) in [5, 5.41) is 16.8. The fraction of sp³-hybridized carbons (Fsp3) is 0.588. The Morgan fingerprint density at radius 3 is 2.54 bits per heavy atom. The first-order valence-corrected chi connectivity index (χ1v) is 8.23. The Bertz CT molecular complexity index is 548. The molecule has 0 fully saturated rings. The van der Waals surface area contributed by atoms with Gasteiger partial charge in [-0.1, -0.05) is 19.9 Å². The van der Waals surface area contributed by atoms with Gasteiger partial charge in [-0.3, -0.25) is 0 Å². The lowest BCUT2D eigenvalue weighted by Crippen LogP contribution is -2.46. The average Bonchev–Trinajstić information content (AvgIpc) is 3.04. The lowest BCUT2D eigenvalue weighted by atomic mass is 9.98. The number of nitrogens with one attached hydrogen (secondary N) is 2. The van der Waals surface area contributed by atoms with Crippen LogP contribution in [0.1, 0.15) is 39.2 Å². The van der Waals surface area contributed by atoms with Crippen molar-refractivity contribution in [3.05, 3.63) is 23.8 Å². The zero-order valence-electron chi connectivity index (χ0n) is 14.6. The van der Waals surface area contributed by atoms with Crippen LogP contribution in [0.4, 0.5) is 0 Å². The molecule has 1 aromatic carbocycles. The molecule has 1 aromatic rings. The van der Waals surface area contributed by atoms with Gasteiger partial charge in [0.05, 0.1) is 12.1 Å². The molecule has 0 spiro atoms. The first-order chi connectivity index (χ1) is 11.1. The molecule has 0 saturated carbocycles. The zero-order valence-corrected chi connectivity index (χ0v) is 16.9. The van der Waals surface area contributed by atoms with Crippen LogP contribution in [0, 0.1) is 0 Å². The standard InChI is InChI=1S/C17H27N3O3.HI/c1-4-17(21,5-2)11-20-16(18-6-3)19-10-13-7-8-14-15(9-13)23-12-22-14;/h7-9,21H,4-6,10-12H2,1-3H3,(H2,18,19,20);1H. The maximum Gasteiger partial charge on any atom is 0.231 e. The fourth-order valence-corrected chi connectivity index (χ4v) is 2.30. The van der Waals surface area contributed by atoms with E-state index in [9.17, 15) is 5.11 Å². The molecule has 7 heteroatoms. The number of aliphatic imine (C=N–C) groups is 1. The monoisotopic (exact) mass is 449 g/mol. The van der Waals surface area contributed by atoms with Crippen LogP contribution in [-0.2, 0) is 6.54 Å². The molecule has 0 saturated heterocycles. The summed E-state index contributed by atoms with van der Waals surface area (Å²) in [5.41, 5.74) is 0.349. The summed E-state index contributed by atoms with van der Waals surface area (Å²) < 4.78 is 10.7. The number of hydrogen-bond donors (Lipinski definition) is 3. The van der Waals surface area contributed by atoms with Crippen LogP contribution in [-0.4, -0.2) is 36.5 Å². The van der Waals surface area contributed by atoms with E-state index in [0.29, 0.717) is 31.9 Å². The third kappa shape index (κ3) is 5.70. The number of ether oxygens (including phenoxy) is 2. The summed E-state index contributed by atoms with van der Waals surface area (Å²) in [5.74, 6) is 2.24. The summed E-state index contributed by atoms with van der Waals surface area (Å²) in [6.07, 6.45) is 1.41. The fourth-order valence-electron chi connectivity index (χ4n) is 2.30. The largest absolute Gasteiger partial charge is 0.454 e. The molecular weight excluding hydrogens is 421 g/mol. The lowest BCUT2D eigenvalue weighted by molar-refractivity contribution is 0.0367. The molecule has 6 nitrogen and oxygen atoms in total. The van der Waals surface area contributed by atoms with E-state index in [1.807, 2.05) is 39.0 Å². The number of rotatable bonds is 7. The van der Waals surface area contributed by atoms with Gasteiger partial charge in [0.2, 0.25) is 6.79 Å². The Morgan fingerprint density at radius 2 is 1.88 bits per heavy atom. The molecule has 1 aliphatic rings. The summed E-state index contributed by atoms with van der Waals surface area (Å²) in [4.78, 5) is 4.57. The van der Waals surface area contributed by atoms with Gasteiger partial charge in [0.25, 0.3) is 0 Å². The molecule has 0 radical (unpaired) electrons. The van der Waals surface area contributed by atoms with Crippen molar-refractivity contribution in [1.29, 1.82) is 0 Å². The van der Waals surface area contributed by atoms with E-state index in [4.69, 9.17) is 9.47 Å². The first-order valence-electron chi connectivity index (χ1n) is 8.23. The SMILES string of the molecule is CCNC(=NCc1ccc2c(c1)OCO2)NCC(O)(CC)CC.I. The lowest BCUT2D eigenvalue weighted by Gasteiger charge is -2.26. The Balaban J connectivity index is 0.00000288. The molecule has 2 rings (SSSR count). The van der Waals surface area contributed by atoms with Gasteiger partial charge in [0.15, 0.2) is 17.5 Å². The van der Waals surface area contributed by atoms with Gasteiger partial charge in [-0.05, 0) is 37.5 Å². The highest BCUT2D eigenvalue weighted by atomic mass is 127. The van der Waals surface area contributed by atoms with E-state index in [0.717, 1.165) is 23.6 Å². The Kier molecular flexibility index (Phi) is 8.61. The van der Waals surface area contributed by atoms with Gasteiger partial charge >= 0.3 is 0 Å². The second-order valence-electron chi connectivity index (χ2n) is 5.67. The van der Waals surface area contributed by atoms with E-state index in [-0.39, 0.29) is 30.8 Å². The second-order valence-corrected chi connectivity index (χ2v) is 5.67. The Morgan fingerprint density at radius 1 is 1.17 bits per heavy atom. The van der Waals surface area contributed by atoms with Crippen molar-refractivity contribution in [3.8, 4) is 11.5 Å². The minimum atomic E-state index is -0.699. The minimum Gasteiger partial charge on any atom is -0.454 e. The quantitative estimate of drug-likeness (QED) is 0.339. The average molecular weight is 449 g/mol. The van der Waals surface area contributed by atoms with Crippen LogP contribution in [0.2, 0.25) is 0 Å². The molecule has 136 valence electrons. The van der Waals surface area contributed by atoms with Gasteiger partial charge in [-0.2, -0.15) is 0 Å². The minimum absolute atomic E-state index is 0. The molecule has 1 aliphatic heterocycles. The predicted molar refractivity (Wildman–Crippen MR) is 106 cm³/mol. The van der Waals surface area contributed by atoms with Gasteiger partial charge in [-0.15, -0.1) is 24.0 Å². The normalized spacial score (nSPS) is 13.4. The Labute approximate surface area is 161 Å². The summed E-state index contributed by atoms with van der Waals surface area (Å²) in [6.45, 7) is 8.05. The van der Waals surface area contributed by atoms with Gasteiger partial charge in [-0.25, -0.2) is 4.99 Å². The molecule has 0 aromatic heterocycles. The number of nitrogens with zero attached hydrogens (tertiary/aromatic N) is 1. The predicted octanol–water partition coefficient (Wildman–Crippen LogP) is 2.64. The number of hydrogen-bond acceptors (Lipinski definition) is 4. The molecule has 0 bridgehead atoms. The number of halogens is 1. The number of benzene rings is 1. The second kappa shape index (κ2) is 9.93. The van der Waals surface area contributed by atoms with Crippen molar-refractivity contribution < 1.29 is 14.6 Å². The summed E-state index contributed by atoms with van der Waals surface area (Å²) in [6, 6.07) is 5.83. The smallest absolute Gasteiger partial charge is 0.231 e. The molecule has 0 atom stereocenters. The van der Waals surface area contributed by atoms with Crippen LogP contribution >= 0.6 is 24.0 Å². The maximum absolute atomic E-state index is 10.4. The van der Waals surface area contributed by atoms with E-state index in [1.54, 1.807) is 0 Å². The summed E-state index contributed by atoms with van der Waals surface area (Å²) >= 11 is 0. The van der Waals surface area contributed by atoms with E-state index < -0.39 is 5.60 Å². The van der Waals surface area contributed by atoms with Crippen molar-refractivity contribution in [2.45, 2.75) is 45.8 Å². The Hall–Kier alpha value is -1.22. The third-order valence-electron chi connectivity index (χ3n) is 4.10. The molecule has 0 amide bonds. The number of fused-ring (bicyclic) bond motifs is 1. The van der Waals surface area contributed by atoms with Crippen LogP contribution in [0.25, 0.3) is 0 Å². The number of aliphatic hydroxyl groups is 1. The van der Waals surface area contributed by atoms with Crippen molar-refractivity contribution in [2.75, 3.05) is 19.9 Å². The van der Waals surface area contributed by atoms with E-state index >= 15 is 0 Å². The van der Waals surface area contributed by atoms with Crippen LogP contribution in [0.15, 0.2) is 23.2 Å². The number of guanidine groups is 1. The van der Waals surface area contributed by atoms with Crippen LogP contribution in [0.5, 0.6) is 11.5 Å². The molecule has 0 unspecified atom stereocenters. The van der Waals surface area contributed by atoms with Crippen molar-refractivity contribution in [2.24, 2.45) is 4.99 Å². The molecule has 1 heterocycles.